The van der Waals surface area contributed by atoms with Crippen LogP contribution in [0.25, 0.3) is 0 Å². The first kappa shape index (κ1) is 12.1. The monoisotopic (exact) mass is 345 g/mol. The molecule has 0 saturated heterocycles. The number of anilines is 1. The molecule has 2 rings (SSSR count). The van der Waals surface area contributed by atoms with Gasteiger partial charge in [0.15, 0.2) is 5.76 Å². The van der Waals surface area contributed by atoms with E-state index in [9.17, 15) is 9.18 Å². The molecule has 0 spiro atoms. The van der Waals surface area contributed by atoms with Gasteiger partial charge in [0.1, 0.15) is 5.82 Å². The fraction of sp³-hybridized carbons (Fsp3) is 0.0833. The minimum Gasteiger partial charge on any atom is -0.459 e. The molecule has 0 fully saturated rings. The second-order valence-electron chi connectivity index (χ2n) is 3.51. The van der Waals surface area contributed by atoms with Crippen LogP contribution in [0.4, 0.5) is 10.1 Å². The van der Waals surface area contributed by atoms with Crippen molar-refractivity contribution in [2.75, 3.05) is 5.32 Å². The number of benzene rings is 1. The summed E-state index contributed by atoms with van der Waals surface area (Å²) >= 11 is 1.96. The lowest BCUT2D eigenvalue weighted by atomic mass is 10.2. The smallest absolute Gasteiger partial charge is 0.291 e. The van der Waals surface area contributed by atoms with E-state index in [2.05, 4.69) is 5.32 Å². The van der Waals surface area contributed by atoms with Crippen LogP contribution < -0.4 is 5.32 Å². The first-order valence-corrected chi connectivity index (χ1v) is 5.96. The highest BCUT2D eigenvalue weighted by molar-refractivity contribution is 14.1. The molecule has 0 radical (unpaired) electrons. The van der Waals surface area contributed by atoms with E-state index < -0.39 is 0 Å². The summed E-state index contributed by atoms with van der Waals surface area (Å²) in [4.78, 5) is 11.8. The van der Waals surface area contributed by atoms with Gasteiger partial charge in [-0.2, -0.15) is 0 Å². The Bertz CT molecular complexity index is 565. The van der Waals surface area contributed by atoms with Crippen LogP contribution in [0.5, 0.6) is 0 Å². The lowest BCUT2D eigenvalue weighted by Crippen LogP contribution is -2.13. The Labute approximate surface area is 111 Å². The molecule has 2 aromatic rings. The van der Waals surface area contributed by atoms with Crippen LogP contribution in [0.2, 0.25) is 0 Å². The number of rotatable bonds is 2. The Morgan fingerprint density at radius 2 is 2.18 bits per heavy atom. The highest BCUT2D eigenvalue weighted by Gasteiger charge is 2.14. The number of carbonyl (C=O) groups is 1. The van der Waals surface area contributed by atoms with Gasteiger partial charge in [-0.15, -0.1) is 0 Å². The largest absolute Gasteiger partial charge is 0.459 e. The van der Waals surface area contributed by atoms with Crippen molar-refractivity contribution in [2.24, 2.45) is 0 Å². The molecule has 0 bridgehead atoms. The van der Waals surface area contributed by atoms with Crippen molar-refractivity contribution in [2.45, 2.75) is 6.92 Å². The van der Waals surface area contributed by atoms with E-state index in [-0.39, 0.29) is 17.5 Å². The predicted octanol–water partition coefficient (Wildman–Crippen LogP) is 3.58. The fourth-order valence-corrected chi connectivity index (χ4v) is 1.99. The van der Waals surface area contributed by atoms with Crippen LogP contribution >= 0.6 is 22.6 Å². The third kappa shape index (κ3) is 2.66. The fourth-order valence-electron chi connectivity index (χ4n) is 1.38. The maximum Gasteiger partial charge on any atom is 0.291 e. The molecule has 5 heteroatoms. The van der Waals surface area contributed by atoms with Crippen molar-refractivity contribution >= 4 is 34.2 Å². The van der Waals surface area contributed by atoms with Gasteiger partial charge < -0.3 is 9.73 Å². The molecule has 0 aliphatic carbocycles. The van der Waals surface area contributed by atoms with E-state index in [1.165, 1.54) is 24.5 Å². The molecule has 1 amide bonds. The first-order chi connectivity index (χ1) is 8.08. The van der Waals surface area contributed by atoms with Gasteiger partial charge >= 0.3 is 0 Å². The molecule has 0 unspecified atom stereocenters. The van der Waals surface area contributed by atoms with Crippen molar-refractivity contribution in [3.8, 4) is 0 Å². The van der Waals surface area contributed by atoms with Crippen molar-refractivity contribution in [1.29, 1.82) is 0 Å². The molecule has 17 heavy (non-hydrogen) atoms. The molecule has 0 atom stereocenters. The molecule has 1 heterocycles. The van der Waals surface area contributed by atoms with Gasteiger partial charge in [-0.3, -0.25) is 4.79 Å². The zero-order valence-corrected chi connectivity index (χ0v) is 11.1. The minimum atomic E-state index is -0.336. The highest BCUT2D eigenvalue weighted by atomic mass is 127. The molecule has 0 aliphatic rings. The van der Waals surface area contributed by atoms with Crippen LogP contribution in [-0.2, 0) is 0 Å². The van der Waals surface area contributed by atoms with Crippen LogP contribution in [0, 0.1) is 16.3 Å². The van der Waals surface area contributed by atoms with Crippen LogP contribution in [0.15, 0.2) is 34.9 Å². The van der Waals surface area contributed by atoms with Gasteiger partial charge in [0.2, 0.25) is 0 Å². The molecule has 1 aromatic carbocycles. The van der Waals surface area contributed by atoms with Crippen LogP contribution in [0.1, 0.15) is 16.1 Å². The van der Waals surface area contributed by atoms with Crippen molar-refractivity contribution < 1.29 is 13.6 Å². The Balaban J connectivity index is 2.22. The maximum absolute atomic E-state index is 12.9. The average molecular weight is 345 g/mol. The third-order valence-electron chi connectivity index (χ3n) is 2.25. The Kier molecular flexibility index (Phi) is 3.46. The van der Waals surface area contributed by atoms with E-state index in [4.69, 9.17) is 4.42 Å². The zero-order valence-electron chi connectivity index (χ0n) is 8.96. The molecular formula is C12H9FINO2. The van der Waals surface area contributed by atoms with Crippen LogP contribution in [0.3, 0.4) is 0 Å². The average Bonchev–Trinajstić information content (AvgIpc) is 2.68. The number of halogens is 2. The second-order valence-corrected chi connectivity index (χ2v) is 4.67. The molecule has 1 aromatic heterocycles. The molecule has 0 saturated carbocycles. The maximum atomic E-state index is 12.9. The van der Waals surface area contributed by atoms with Gasteiger partial charge in [0.25, 0.3) is 5.91 Å². The number of hydrogen-bond donors (Lipinski definition) is 1. The van der Waals surface area contributed by atoms with E-state index in [1.54, 1.807) is 13.0 Å². The quantitative estimate of drug-likeness (QED) is 0.846. The summed E-state index contributed by atoms with van der Waals surface area (Å²) in [6.45, 7) is 1.79. The van der Waals surface area contributed by atoms with E-state index in [0.717, 1.165) is 5.56 Å². The lowest BCUT2D eigenvalue weighted by molar-refractivity contribution is 0.0996. The Morgan fingerprint density at radius 1 is 1.41 bits per heavy atom. The molecule has 3 nitrogen and oxygen atoms in total. The van der Waals surface area contributed by atoms with Crippen molar-refractivity contribution in [1.82, 2.24) is 0 Å². The molecular weight excluding hydrogens is 336 g/mol. The number of amides is 1. The van der Waals surface area contributed by atoms with Gasteiger partial charge in [0.05, 0.1) is 12.0 Å². The highest BCUT2D eigenvalue weighted by Crippen LogP contribution is 2.20. The summed E-state index contributed by atoms with van der Waals surface area (Å²) in [5.74, 6) is -0.399. The third-order valence-corrected chi connectivity index (χ3v) is 3.14. The van der Waals surface area contributed by atoms with Crippen LogP contribution in [-0.4, -0.2) is 5.91 Å². The van der Waals surface area contributed by atoms with E-state index in [0.29, 0.717) is 9.26 Å². The number of aryl methyl sites for hydroxylation is 1. The van der Waals surface area contributed by atoms with Crippen molar-refractivity contribution in [3.63, 3.8) is 0 Å². The standard InChI is InChI=1S/C12H9FINO2/c1-7-4-5-17-11(7)12(16)15-10-3-2-8(13)6-9(10)14/h2-6H,1H3,(H,15,16). The molecule has 0 aliphatic heterocycles. The number of nitrogens with one attached hydrogen (secondary N) is 1. The Morgan fingerprint density at radius 3 is 2.76 bits per heavy atom. The zero-order chi connectivity index (χ0) is 12.4. The van der Waals surface area contributed by atoms with Gasteiger partial charge in [-0.05, 0) is 53.8 Å². The number of carbonyl (C=O) groups excluding carboxylic acids is 1. The Hall–Kier alpha value is -1.37. The number of furan rings is 1. The summed E-state index contributed by atoms with van der Waals surface area (Å²) in [5.41, 5.74) is 1.33. The summed E-state index contributed by atoms with van der Waals surface area (Å²) in [7, 11) is 0. The summed E-state index contributed by atoms with van der Waals surface area (Å²) in [5, 5.41) is 2.67. The van der Waals surface area contributed by atoms with E-state index in [1.807, 2.05) is 22.6 Å². The topological polar surface area (TPSA) is 42.2 Å². The van der Waals surface area contributed by atoms with Crippen molar-refractivity contribution in [3.05, 3.63) is 51.2 Å². The molecule has 88 valence electrons. The minimum absolute atomic E-state index is 0.269. The summed E-state index contributed by atoms with van der Waals surface area (Å²) in [6, 6.07) is 5.88. The summed E-state index contributed by atoms with van der Waals surface area (Å²) < 4.78 is 18.6. The lowest BCUT2D eigenvalue weighted by Gasteiger charge is -2.06. The molecule has 1 N–H and O–H groups in total. The predicted molar refractivity (Wildman–Crippen MR) is 70.5 cm³/mol. The van der Waals surface area contributed by atoms with E-state index >= 15 is 0 Å². The first-order valence-electron chi connectivity index (χ1n) is 4.88. The second kappa shape index (κ2) is 4.87. The van der Waals surface area contributed by atoms with Gasteiger partial charge in [-0.1, -0.05) is 0 Å². The number of hydrogen-bond acceptors (Lipinski definition) is 2. The van der Waals surface area contributed by atoms with Gasteiger partial charge in [0, 0.05) is 9.13 Å². The van der Waals surface area contributed by atoms with Gasteiger partial charge in [-0.25, -0.2) is 4.39 Å². The SMILES string of the molecule is Cc1ccoc1C(=O)Nc1ccc(F)cc1I. The normalized spacial score (nSPS) is 10.3. The summed E-state index contributed by atoms with van der Waals surface area (Å²) in [6.07, 6.45) is 1.46.